The van der Waals surface area contributed by atoms with Gasteiger partial charge in [-0.25, -0.2) is 0 Å². The Morgan fingerprint density at radius 1 is 1.07 bits per heavy atom. The number of carbonyl (C=O) groups is 1. The standard InChI is InChI=1S/C21H24ClN5O/c1-16(17-7-3-4-8-19(17)22)25-11-13-27(14-12-25)21(28)18-15-23-24(2)20(18)26-9-5-6-10-26/h3-10,15-16H,11-14H2,1-2H3. The van der Waals surface area contributed by atoms with Crippen LogP contribution in [0.3, 0.4) is 0 Å². The highest BCUT2D eigenvalue weighted by Gasteiger charge is 2.28. The average molecular weight is 398 g/mol. The molecule has 3 heterocycles. The molecule has 0 N–H and O–H groups in total. The molecule has 1 atom stereocenters. The van der Waals surface area contributed by atoms with Crippen molar-refractivity contribution in [1.82, 2.24) is 24.1 Å². The number of carbonyl (C=O) groups excluding carboxylic acids is 1. The zero-order valence-electron chi connectivity index (χ0n) is 16.1. The highest BCUT2D eigenvalue weighted by atomic mass is 35.5. The van der Waals surface area contributed by atoms with Gasteiger partial charge in [-0.1, -0.05) is 29.8 Å². The Hall–Kier alpha value is -2.57. The second-order valence-electron chi connectivity index (χ2n) is 7.12. The molecular weight excluding hydrogens is 374 g/mol. The smallest absolute Gasteiger partial charge is 0.259 e. The van der Waals surface area contributed by atoms with Crippen LogP contribution in [-0.4, -0.2) is 56.2 Å². The van der Waals surface area contributed by atoms with Crippen molar-refractivity contribution in [3.8, 4) is 5.82 Å². The van der Waals surface area contributed by atoms with Crippen molar-refractivity contribution in [3.63, 3.8) is 0 Å². The molecule has 28 heavy (non-hydrogen) atoms. The molecule has 0 aliphatic carbocycles. The van der Waals surface area contributed by atoms with E-state index in [2.05, 4.69) is 23.0 Å². The number of aryl methyl sites for hydroxylation is 1. The molecule has 4 rings (SSSR count). The molecule has 1 saturated heterocycles. The number of halogens is 1. The third kappa shape index (κ3) is 3.45. The molecule has 1 unspecified atom stereocenters. The zero-order valence-corrected chi connectivity index (χ0v) is 16.9. The number of piperazine rings is 1. The first-order valence-corrected chi connectivity index (χ1v) is 9.87. The summed E-state index contributed by atoms with van der Waals surface area (Å²) < 4.78 is 3.67. The molecule has 3 aromatic rings. The number of aromatic nitrogens is 3. The number of amides is 1. The van der Waals surface area contributed by atoms with Crippen molar-refractivity contribution < 1.29 is 4.79 Å². The maximum Gasteiger partial charge on any atom is 0.259 e. The highest BCUT2D eigenvalue weighted by Crippen LogP contribution is 2.28. The van der Waals surface area contributed by atoms with Gasteiger partial charge in [-0.05, 0) is 30.7 Å². The van der Waals surface area contributed by atoms with E-state index in [9.17, 15) is 4.79 Å². The summed E-state index contributed by atoms with van der Waals surface area (Å²) in [5.74, 6) is 0.823. The molecule has 0 spiro atoms. The molecule has 1 aliphatic rings. The topological polar surface area (TPSA) is 46.3 Å². The highest BCUT2D eigenvalue weighted by molar-refractivity contribution is 6.31. The van der Waals surface area contributed by atoms with Gasteiger partial charge in [0.1, 0.15) is 11.4 Å². The second kappa shape index (κ2) is 7.81. The summed E-state index contributed by atoms with van der Waals surface area (Å²) >= 11 is 6.36. The predicted octanol–water partition coefficient (Wildman–Crippen LogP) is 3.38. The maximum absolute atomic E-state index is 13.1. The SMILES string of the molecule is CC(c1ccccc1Cl)N1CCN(C(=O)c2cnn(C)c2-n2cccc2)CC1. The summed E-state index contributed by atoms with van der Waals surface area (Å²) in [5.41, 5.74) is 1.76. The lowest BCUT2D eigenvalue weighted by Crippen LogP contribution is -2.49. The van der Waals surface area contributed by atoms with Gasteiger partial charge in [-0.2, -0.15) is 5.10 Å². The van der Waals surface area contributed by atoms with Gasteiger partial charge in [0.2, 0.25) is 0 Å². The third-order valence-corrected chi connectivity index (χ3v) is 5.84. The summed E-state index contributed by atoms with van der Waals surface area (Å²) in [6.07, 6.45) is 5.52. The van der Waals surface area contributed by atoms with Crippen LogP contribution in [0, 0.1) is 0 Å². The molecule has 6 nitrogen and oxygen atoms in total. The minimum atomic E-state index is 0.0295. The zero-order chi connectivity index (χ0) is 19.7. The van der Waals surface area contributed by atoms with Crippen LogP contribution in [0.25, 0.3) is 5.82 Å². The normalized spacial score (nSPS) is 16.3. The summed E-state index contributed by atoms with van der Waals surface area (Å²) in [5, 5.41) is 5.10. The average Bonchev–Trinajstić information content (AvgIpc) is 3.37. The van der Waals surface area contributed by atoms with Crippen LogP contribution in [0.2, 0.25) is 5.02 Å². The number of benzene rings is 1. The molecular formula is C21H24ClN5O. The Bertz CT molecular complexity index is 957. The minimum absolute atomic E-state index is 0.0295. The van der Waals surface area contributed by atoms with E-state index in [1.807, 2.05) is 59.2 Å². The van der Waals surface area contributed by atoms with Crippen LogP contribution in [0.15, 0.2) is 55.0 Å². The van der Waals surface area contributed by atoms with E-state index in [1.54, 1.807) is 10.9 Å². The van der Waals surface area contributed by atoms with Crippen molar-refractivity contribution in [2.75, 3.05) is 26.2 Å². The molecule has 0 bridgehead atoms. The van der Waals surface area contributed by atoms with E-state index in [0.717, 1.165) is 29.5 Å². The maximum atomic E-state index is 13.1. The molecule has 1 amide bonds. The van der Waals surface area contributed by atoms with E-state index in [-0.39, 0.29) is 11.9 Å². The lowest BCUT2D eigenvalue weighted by atomic mass is 10.1. The van der Waals surface area contributed by atoms with Crippen molar-refractivity contribution >= 4 is 17.5 Å². The summed E-state index contributed by atoms with van der Waals surface area (Å²) in [6, 6.07) is 12.1. The van der Waals surface area contributed by atoms with E-state index in [4.69, 9.17) is 11.6 Å². The van der Waals surface area contributed by atoms with Crippen molar-refractivity contribution in [2.45, 2.75) is 13.0 Å². The molecule has 7 heteroatoms. The first-order valence-electron chi connectivity index (χ1n) is 9.49. The Morgan fingerprint density at radius 3 is 2.43 bits per heavy atom. The van der Waals surface area contributed by atoms with E-state index in [1.165, 1.54) is 0 Å². The van der Waals surface area contributed by atoms with Crippen molar-refractivity contribution in [2.24, 2.45) is 7.05 Å². The van der Waals surface area contributed by atoms with Crippen LogP contribution in [0.5, 0.6) is 0 Å². The van der Waals surface area contributed by atoms with Gasteiger partial charge in [0.25, 0.3) is 5.91 Å². The van der Waals surface area contributed by atoms with Gasteiger partial charge in [0.05, 0.1) is 6.20 Å². The van der Waals surface area contributed by atoms with Gasteiger partial charge in [-0.15, -0.1) is 0 Å². The lowest BCUT2D eigenvalue weighted by molar-refractivity contribution is 0.0582. The summed E-state index contributed by atoms with van der Waals surface area (Å²) in [4.78, 5) is 17.4. The fourth-order valence-corrected chi connectivity index (χ4v) is 4.15. The van der Waals surface area contributed by atoms with E-state index >= 15 is 0 Å². The second-order valence-corrected chi connectivity index (χ2v) is 7.53. The monoisotopic (exact) mass is 397 g/mol. The molecule has 146 valence electrons. The van der Waals surface area contributed by atoms with Gasteiger partial charge >= 0.3 is 0 Å². The van der Waals surface area contributed by atoms with Gasteiger partial charge in [0, 0.05) is 56.7 Å². The summed E-state index contributed by atoms with van der Waals surface area (Å²) in [7, 11) is 1.86. The van der Waals surface area contributed by atoms with Crippen LogP contribution < -0.4 is 0 Å². The first kappa shape index (κ1) is 18.8. The van der Waals surface area contributed by atoms with Crippen molar-refractivity contribution in [3.05, 3.63) is 71.1 Å². The van der Waals surface area contributed by atoms with Crippen LogP contribution in [-0.2, 0) is 7.05 Å². The minimum Gasteiger partial charge on any atom is -0.336 e. The Balaban J connectivity index is 1.46. The predicted molar refractivity (Wildman–Crippen MR) is 110 cm³/mol. The van der Waals surface area contributed by atoms with Gasteiger partial charge < -0.3 is 9.47 Å². The largest absolute Gasteiger partial charge is 0.336 e. The number of nitrogens with zero attached hydrogens (tertiary/aromatic N) is 5. The molecule has 0 saturated carbocycles. The molecule has 1 aliphatic heterocycles. The fourth-order valence-electron chi connectivity index (χ4n) is 3.86. The Labute approximate surface area is 169 Å². The number of hydrogen-bond donors (Lipinski definition) is 0. The van der Waals surface area contributed by atoms with Crippen molar-refractivity contribution in [1.29, 1.82) is 0 Å². The number of rotatable bonds is 4. The van der Waals surface area contributed by atoms with Crippen LogP contribution in [0.1, 0.15) is 28.9 Å². The van der Waals surface area contributed by atoms with Crippen LogP contribution >= 0.6 is 11.6 Å². The number of hydrogen-bond acceptors (Lipinski definition) is 3. The molecule has 0 radical (unpaired) electrons. The fraction of sp³-hybridized carbons (Fsp3) is 0.333. The molecule has 1 aromatic carbocycles. The Morgan fingerprint density at radius 2 is 1.75 bits per heavy atom. The van der Waals surface area contributed by atoms with Crippen LogP contribution in [0.4, 0.5) is 0 Å². The van der Waals surface area contributed by atoms with E-state index < -0.39 is 0 Å². The first-order chi connectivity index (χ1) is 13.6. The summed E-state index contributed by atoms with van der Waals surface area (Å²) in [6.45, 7) is 5.18. The molecule has 1 fully saturated rings. The van der Waals surface area contributed by atoms with Gasteiger partial charge in [0.15, 0.2) is 0 Å². The lowest BCUT2D eigenvalue weighted by Gasteiger charge is -2.38. The van der Waals surface area contributed by atoms with Gasteiger partial charge in [-0.3, -0.25) is 14.4 Å². The van der Waals surface area contributed by atoms with E-state index in [0.29, 0.717) is 18.7 Å². The quantitative estimate of drug-likeness (QED) is 0.678. The molecule has 2 aromatic heterocycles. The Kier molecular flexibility index (Phi) is 5.24. The third-order valence-electron chi connectivity index (χ3n) is 5.49.